The molecular formula is C16H12Cl2N2O. The largest absolute Gasteiger partial charge is 0.337 e. The van der Waals surface area contributed by atoms with Gasteiger partial charge in [-0.2, -0.15) is 5.26 Å². The highest BCUT2D eigenvalue weighted by atomic mass is 35.5. The van der Waals surface area contributed by atoms with Gasteiger partial charge in [-0.1, -0.05) is 35.3 Å². The third-order valence-corrected chi connectivity index (χ3v) is 3.40. The van der Waals surface area contributed by atoms with Crippen molar-refractivity contribution >= 4 is 29.1 Å². The molecule has 0 spiro atoms. The number of amides is 1. The number of benzene rings is 2. The van der Waals surface area contributed by atoms with E-state index < -0.39 is 0 Å². The zero-order chi connectivity index (χ0) is 15.4. The first-order chi connectivity index (χ1) is 9.99. The summed E-state index contributed by atoms with van der Waals surface area (Å²) >= 11 is 11.8. The predicted octanol–water partition coefficient (Wildman–Crippen LogP) is 4.14. The molecule has 3 nitrogen and oxygen atoms in total. The Labute approximate surface area is 133 Å². The molecule has 0 aromatic heterocycles. The van der Waals surface area contributed by atoms with E-state index in [4.69, 9.17) is 28.5 Å². The minimum atomic E-state index is -0.163. The Balaban J connectivity index is 2.13. The number of nitrogens with zero attached hydrogens (tertiary/aromatic N) is 2. The van der Waals surface area contributed by atoms with Gasteiger partial charge >= 0.3 is 0 Å². The standard InChI is InChI=1S/C16H12Cl2N2O/c1-20(10-12-4-2-11(9-19)3-5-12)16(21)13-6-14(17)8-15(18)7-13/h2-8H,10H2,1H3. The average Bonchev–Trinajstić information content (AvgIpc) is 2.46. The summed E-state index contributed by atoms with van der Waals surface area (Å²) in [4.78, 5) is 13.9. The highest BCUT2D eigenvalue weighted by Gasteiger charge is 2.13. The van der Waals surface area contributed by atoms with Crippen LogP contribution in [0.2, 0.25) is 10.0 Å². The van der Waals surface area contributed by atoms with Gasteiger partial charge in [-0.15, -0.1) is 0 Å². The lowest BCUT2D eigenvalue weighted by atomic mass is 10.1. The minimum Gasteiger partial charge on any atom is -0.337 e. The van der Waals surface area contributed by atoms with Crippen molar-refractivity contribution in [2.45, 2.75) is 6.54 Å². The van der Waals surface area contributed by atoms with E-state index in [1.54, 1.807) is 42.3 Å². The summed E-state index contributed by atoms with van der Waals surface area (Å²) in [5.41, 5.74) is 1.98. The molecule has 1 amide bonds. The van der Waals surface area contributed by atoms with Gasteiger partial charge in [-0.3, -0.25) is 4.79 Å². The maximum atomic E-state index is 12.3. The van der Waals surface area contributed by atoms with Crippen molar-refractivity contribution < 1.29 is 4.79 Å². The van der Waals surface area contributed by atoms with Crippen LogP contribution in [0.3, 0.4) is 0 Å². The SMILES string of the molecule is CN(Cc1ccc(C#N)cc1)C(=O)c1cc(Cl)cc(Cl)c1. The number of hydrogen-bond donors (Lipinski definition) is 0. The lowest BCUT2D eigenvalue weighted by molar-refractivity contribution is 0.0785. The Morgan fingerprint density at radius 2 is 1.71 bits per heavy atom. The molecule has 21 heavy (non-hydrogen) atoms. The lowest BCUT2D eigenvalue weighted by Gasteiger charge is -2.17. The van der Waals surface area contributed by atoms with Gasteiger partial charge in [0.25, 0.3) is 5.91 Å². The highest BCUT2D eigenvalue weighted by Crippen LogP contribution is 2.20. The maximum absolute atomic E-state index is 12.3. The molecule has 0 fully saturated rings. The van der Waals surface area contributed by atoms with Gasteiger partial charge in [0.15, 0.2) is 0 Å². The van der Waals surface area contributed by atoms with Crippen LogP contribution in [0.15, 0.2) is 42.5 Å². The van der Waals surface area contributed by atoms with E-state index in [9.17, 15) is 4.79 Å². The molecule has 0 radical (unpaired) electrons. The van der Waals surface area contributed by atoms with Crippen LogP contribution in [0.1, 0.15) is 21.5 Å². The molecule has 0 aliphatic heterocycles. The van der Waals surface area contributed by atoms with E-state index in [0.29, 0.717) is 27.7 Å². The molecule has 5 heteroatoms. The molecular weight excluding hydrogens is 307 g/mol. The Bertz CT molecular complexity index is 685. The quantitative estimate of drug-likeness (QED) is 0.853. The molecule has 2 aromatic rings. The molecule has 0 bridgehead atoms. The fourth-order valence-corrected chi connectivity index (χ4v) is 2.45. The Morgan fingerprint density at radius 3 is 2.24 bits per heavy atom. The van der Waals surface area contributed by atoms with Gasteiger partial charge < -0.3 is 4.90 Å². The highest BCUT2D eigenvalue weighted by molar-refractivity contribution is 6.35. The first-order valence-electron chi connectivity index (χ1n) is 6.20. The summed E-state index contributed by atoms with van der Waals surface area (Å²) in [5.74, 6) is -0.163. The molecule has 0 unspecified atom stereocenters. The van der Waals surface area contributed by atoms with Crippen molar-refractivity contribution in [1.82, 2.24) is 4.90 Å². The van der Waals surface area contributed by atoms with Crippen LogP contribution in [0.4, 0.5) is 0 Å². The molecule has 0 N–H and O–H groups in total. The maximum Gasteiger partial charge on any atom is 0.253 e. The van der Waals surface area contributed by atoms with Gasteiger partial charge in [0.05, 0.1) is 11.6 Å². The smallest absolute Gasteiger partial charge is 0.253 e. The van der Waals surface area contributed by atoms with Gasteiger partial charge in [0.1, 0.15) is 0 Å². The van der Waals surface area contributed by atoms with Crippen LogP contribution in [0, 0.1) is 11.3 Å². The van der Waals surface area contributed by atoms with E-state index in [2.05, 4.69) is 6.07 Å². The first-order valence-corrected chi connectivity index (χ1v) is 6.96. The van der Waals surface area contributed by atoms with Crippen molar-refractivity contribution in [2.24, 2.45) is 0 Å². The van der Waals surface area contributed by atoms with Gasteiger partial charge in [-0.25, -0.2) is 0 Å². The van der Waals surface area contributed by atoms with Crippen LogP contribution in [-0.2, 0) is 6.54 Å². The summed E-state index contributed by atoms with van der Waals surface area (Å²) in [6, 6.07) is 13.9. The Kier molecular flexibility index (Phi) is 4.85. The van der Waals surface area contributed by atoms with Crippen molar-refractivity contribution in [1.29, 1.82) is 5.26 Å². The third kappa shape index (κ3) is 3.98. The van der Waals surface area contributed by atoms with Crippen molar-refractivity contribution in [2.75, 3.05) is 7.05 Å². The molecule has 0 heterocycles. The third-order valence-electron chi connectivity index (χ3n) is 2.96. The van der Waals surface area contributed by atoms with E-state index >= 15 is 0 Å². The molecule has 0 atom stereocenters. The Hall–Kier alpha value is -2.02. The van der Waals surface area contributed by atoms with Crippen LogP contribution < -0.4 is 0 Å². The number of carbonyl (C=O) groups excluding carboxylic acids is 1. The normalized spacial score (nSPS) is 10.0. The van der Waals surface area contributed by atoms with Gasteiger partial charge in [0, 0.05) is 29.2 Å². The molecule has 2 rings (SSSR count). The van der Waals surface area contributed by atoms with Crippen LogP contribution in [0.25, 0.3) is 0 Å². The molecule has 106 valence electrons. The zero-order valence-corrected chi connectivity index (χ0v) is 12.8. The van der Waals surface area contributed by atoms with E-state index in [0.717, 1.165) is 5.56 Å². The van der Waals surface area contributed by atoms with Crippen molar-refractivity contribution in [3.63, 3.8) is 0 Å². The molecule has 0 aliphatic carbocycles. The summed E-state index contributed by atoms with van der Waals surface area (Å²) in [7, 11) is 1.70. The summed E-state index contributed by atoms with van der Waals surface area (Å²) in [6.07, 6.45) is 0. The lowest BCUT2D eigenvalue weighted by Crippen LogP contribution is -2.26. The second kappa shape index (κ2) is 6.62. The summed E-state index contributed by atoms with van der Waals surface area (Å²) in [6.45, 7) is 0.439. The summed E-state index contributed by atoms with van der Waals surface area (Å²) in [5, 5.41) is 9.62. The van der Waals surface area contributed by atoms with Gasteiger partial charge in [-0.05, 0) is 35.9 Å². The van der Waals surface area contributed by atoms with E-state index in [-0.39, 0.29) is 5.91 Å². The van der Waals surface area contributed by atoms with Crippen LogP contribution in [-0.4, -0.2) is 17.9 Å². The fourth-order valence-electron chi connectivity index (χ4n) is 1.93. The predicted molar refractivity (Wildman–Crippen MR) is 83.4 cm³/mol. The van der Waals surface area contributed by atoms with Crippen molar-refractivity contribution in [3.05, 3.63) is 69.2 Å². The molecule has 0 aliphatic rings. The molecule has 0 saturated heterocycles. The number of halogens is 2. The van der Waals surface area contributed by atoms with Crippen LogP contribution in [0.5, 0.6) is 0 Å². The van der Waals surface area contributed by atoms with Crippen molar-refractivity contribution in [3.8, 4) is 6.07 Å². The number of rotatable bonds is 3. The summed E-state index contributed by atoms with van der Waals surface area (Å²) < 4.78 is 0. The zero-order valence-electron chi connectivity index (χ0n) is 11.3. The monoisotopic (exact) mass is 318 g/mol. The number of hydrogen-bond acceptors (Lipinski definition) is 2. The van der Waals surface area contributed by atoms with E-state index in [1.807, 2.05) is 12.1 Å². The first kappa shape index (κ1) is 15.4. The Morgan fingerprint density at radius 1 is 1.14 bits per heavy atom. The minimum absolute atomic E-state index is 0.163. The topological polar surface area (TPSA) is 44.1 Å². The fraction of sp³-hybridized carbons (Fsp3) is 0.125. The molecule has 2 aromatic carbocycles. The second-order valence-electron chi connectivity index (χ2n) is 4.63. The van der Waals surface area contributed by atoms with Crippen LogP contribution >= 0.6 is 23.2 Å². The van der Waals surface area contributed by atoms with E-state index in [1.165, 1.54) is 0 Å². The van der Waals surface area contributed by atoms with Gasteiger partial charge in [0.2, 0.25) is 0 Å². The average molecular weight is 319 g/mol. The second-order valence-corrected chi connectivity index (χ2v) is 5.50. The molecule has 0 saturated carbocycles. The number of carbonyl (C=O) groups is 1. The number of nitriles is 1.